The largest absolute Gasteiger partial charge is 0.376 e. The summed E-state index contributed by atoms with van der Waals surface area (Å²) in [5.74, 6) is 1.94. The van der Waals surface area contributed by atoms with Crippen molar-refractivity contribution >= 4 is 17.3 Å². The molecule has 0 bridgehead atoms. The Bertz CT molecular complexity index is 744. The van der Waals surface area contributed by atoms with Crippen LogP contribution in [0.1, 0.15) is 36.5 Å². The second kappa shape index (κ2) is 11.3. The van der Waals surface area contributed by atoms with E-state index in [1.165, 1.54) is 4.88 Å². The van der Waals surface area contributed by atoms with E-state index in [-0.39, 0.29) is 6.10 Å². The molecule has 0 spiro atoms. The molecule has 1 saturated heterocycles. The van der Waals surface area contributed by atoms with Crippen molar-refractivity contribution in [3.05, 3.63) is 40.6 Å². The Kier molecular flexibility index (Phi) is 8.52. The van der Waals surface area contributed by atoms with Crippen LogP contribution in [0.2, 0.25) is 0 Å². The zero-order valence-corrected chi connectivity index (χ0v) is 18.6. The fraction of sp³-hybridized carbons (Fsp3) is 0.619. The molecule has 3 heterocycles. The number of nitrogens with one attached hydrogen (secondary N) is 2. The predicted molar refractivity (Wildman–Crippen MR) is 120 cm³/mol. The van der Waals surface area contributed by atoms with Gasteiger partial charge in [-0.3, -0.25) is 9.89 Å². The van der Waals surface area contributed by atoms with Crippen LogP contribution in [0.3, 0.4) is 0 Å². The van der Waals surface area contributed by atoms with E-state index in [0.717, 1.165) is 64.0 Å². The maximum atomic E-state index is 5.73. The molecule has 160 valence electrons. The zero-order chi connectivity index (χ0) is 20.5. The maximum Gasteiger partial charge on any atom is 0.191 e. The molecule has 2 aromatic heterocycles. The highest BCUT2D eigenvalue weighted by Gasteiger charge is 2.26. The number of guanidine groups is 1. The minimum absolute atomic E-state index is 0.280. The summed E-state index contributed by atoms with van der Waals surface area (Å²) < 4.78 is 7.93. The second-order valence-electron chi connectivity index (χ2n) is 7.46. The SMILES string of the molecule is CN=C(NCCCCn1ccnc1C)NCC(c1cccs1)N1CCOC(C)C1. The molecule has 0 amide bonds. The maximum absolute atomic E-state index is 5.73. The van der Waals surface area contributed by atoms with Crippen molar-refractivity contribution in [2.24, 2.45) is 4.99 Å². The minimum atomic E-state index is 0.280. The van der Waals surface area contributed by atoms with Crippen LogP contribution in [0.15, 0.2) is 34.9 Å². The van der Waals surface area contributed by atoms with E-state index in [2.05, 4.69) is 54.5 Å². The Morgan fingerprint density at radius 3 is 3.00 bits per heavy atom. The third kappa shape index (κ3) is 6.55. The van der Waals surface area contributed by atoms with Gasteiger partial charge in [0.15, 0.2) is 5.96 Å². The average molecular weight is 419 g/mol. The quantitative estimate of drug-likeness (QED) is 0.372. The van der Waals surface area contributed by atoms with Gasteiger partial charge in [-0.2, -0.15) is 0 Å². The standard InChI is InChI=1S/C21H34N6OS/c1-17-16-27(12-13-28-17)19(20-7-6-14-29-20)15-25-21(22-3)24-8-4-5-10-26-11-9-23-18(26)2/h6-7,9,11,14,17,19H,4-5,8,10,12-13,15-16H2,1-3H3,(H2,22,24,25). The molecule has 2 aromatic rings. The molecule has 7 nitrogen and oxygen atoms in total. The Hall–Kier alpha value is -1.90. The van der Waals surface area contributed by atoms with Gasteiger partial charge in [-0.25, -0.2) is 4.98 Å². The van der Waals surface area contributed by atoms with Crippen molar-refractivity contribution < 1.29 is 4.74 Å². The number of thiophene rings is 1. The number of imidazole rings is 1. The van der Waals surface area contributed by atoms with Crippen LogP contribution in [-0.4, -0.2) is 66.3 Å². The summed E-state index contributed by atoms with van der Waals surface area (Å²) >= 11 is 1.82. The molecule has 2 N–H and O–H groups in total. The monoisotopic (exact) mass is 418 g/mol. The topological polar surface area (TPSA) is 66.7 Å². The Morgan fingerprint density at radius 1 is 1.41 bits per heavy atom. The van der Waals surface area contributed by atoms with Crippen LogP contribution >= 0.6 is 11.3 Å². The van der Waals surface area contributed by atoms with Gasteiger partial charge in [0.1, 0.15) is 5.82 Å². The lowest BCUT2D eigenvalue weighted by molar-refractivity contribution is -0.0334. The molecule has 1 aliphatic heterocycles. The number of unbranched alkanes of at least 4 members (excludes halogenated alkanes) is 1. The number of hydrogen-bond acceptors (Lipinski definition) is 5. The molecule has 0 aromatic carbocycles. The first-order valence-corrected chi connectivity index (χ1v) is 11.4. The van der Waals surface area contributed by atoms with Gasteiger partial charge in [-0.1, -0.05) is 6.07 Å². The number of aromatic nitrogens is 2. The normalized spacial score (nSPS) is 19.3. The first kappa shape index (κ1) is 21.8. The third-order valence-electron chi connectivity index (χ3n) is 5.31. The van der Waals surface area contributed by atoms with Gasteiger partial charge in [0, 0.05) is 57.0 Å². The lowest BCUT2D eigenvalue weighted by Gasteiger charge is -2.37. The van der Waals surface area contributed by atoms with E-state index in [4.69, 9.17) is 4.74 Å². The molecule has 0 saturated carbocycles. The molecule has 29 heavy (non-hydrogen) atoms. The zero-order valence-electron chi connectivity index (χ0n) is 17.8. The second-order valence-corrected chi connectivity index (χ2v) is 8.44. The van der Waals surface area contributed by atoms with E-state index in [1.54, 1.807) is 0 Å². The van der Waals surface area contributed by atoms with E-state index >= 15 is 0 Å². The molecule has 2 atom stereocenters. The fourth-order valence-corrected chi connectivity index (χ4v) is 4.55. The van der Waals surface area contributed by atoms with Crippen molar-refractivity contribution in [3.63, 3.8) is 0 Å². The van der Waals surface area contributed by atoms with Gasteiger partial charge < -0.3 is 19.9 Å². The molecule has 0 radical (unpaired) electrons. The molecule has 0 aliphatic carbocycles. The van der Waals surface area contributed by atoms with Gasteiger partial charge in [-0.05, 0) is 38.1 Å². The molecule has 2 unspecified atom stereocenters. The Labute approximate surface area is 178 Å². The van der Waals surface area contributed by atoms with Crippen LogP contribution in [0.5, 0.6) is 0 Å². The van der Waals surface area contributed by atoms with E-state index in [0.29, 0.717) is 6.04 Å². The number of rotatable bonds is 9. The van der Waals surface area contributed by atoms with Crippen molar-refractivity contribution in [1.29, 1.82) is 0 Å². The molecular formula is C21H34N6OS. The van der Waals surface area contributed by atoms with Crippen LogP contribution in [0, 0.1) is 6.92 Å². The summed E-state index contributed by atoms with van der Waals surface area (Å²) in [7, 11) is 1.83. The van der Waals surface area contributed by atoms with Crippen LogP contribution < -0.4 is 10.6 Å². The lowest BCUT2D eigenvalue weighted by atomic mass is 10.1. The number of aliphatic imine (C=N–C) groups is 1. The van der Waals surface area contributed by atoms with Crippen molar-refractivity contribution in [2.45, 2.75) is 45.4 Å². The van der Waals surface area contributed by atoms with Gasteiger partial charge in [0.25, 0.3) is 0 Å². The number of morpholine rings is 1. The predicted octanol–water partition coefficient (Wildman–Crippen LogP) is 2.66. The summed E-state index contributed by atoms with van der Waals surface area (Å²) in [6.45, 7) is 9.67. The van der Waals surface area contributed by atoms with Crippen LogP contribution in [0.4, 0.5) is 0 Å². The van der Waals surface area contributed by atoms with E-state index < -0.39 is 0 Å². The highest BCUT2D eigenvalue weighted by molar-refractivity contribution is 7.10. The van der Waals surface area contributed by atoms with Crippen molar-refractivity contribution in [1.82, 2.24) is 25.1 Å². The highest BCUT2D eigenvalue weighted by Crippen LogP contribution is 2.26. The smallest absolute Gasteiger partial charge is 0.191 e. The average Bonchev–Trinajstić information content (AvgIpc) is 3.39. The van der Waals surface area contributed by atoms with Crippen molar-refractivity contribution in [3.8, 4) is 0 Å². The lowest BCUT2D eigenvalue weighted by Crippen LogP contribution is -2.48. The number of hydrogen-bond donors (Lipinski definition) is 2. The van der Waals surface area contributed by atoms with Gasteiger partial charge in [0.05, 0.1) is 18.8 Å². The van der Waals surface area contributed by atoms with Gasteiger partial charge >= 0.3 is 0 Å². The third-order valence-corrected chi connectivity index (χ3v) is 6.29. The summed E-state index contributed by atoms with van der Waals surface area (Å²) in [5.41, 5.74) is 0. The van der Waals surface area contributed by atoms with Gasteiger partial charge in [-0.15, -0.1) is 11.3 Å². The Balaban J connectivity index is 1.44. The molecule has 1 aliphatic rings. The van der Waals surface area contributed by atoms with Crippen LogP contribution in [-0.2, 0) is 11.3 Å². The molecular weight excluding hydrogens is 384 g/mol. The Morgan fingerprint density at radius 2 is 2.31 bits per heavy atom. The number of nitrogens with zero attached hydrogens (tertiary/aromatic N) is 4. The highest BCUT2D eigenvalue weighted by atomic mass is 32.1. The van der Waals surface area contributed by atoms with Crippen LogP contribution in [0.25, 0.3) is 0 Å². The summed E-state index contributed by atoms with van der Waals surface area (Å²) in [4.78, 5) is 12.6. The summed E-state index contributed by atoms with van der Waals surface area (Å²) in [5, 5.41) is 9.14. The van der Waals surface area contributed by atoms with Crippen molar-refractivity contribution in [2.75, 3.05) is 39.8 Å². The molecule has 8 heteroatoms. The summed E-state index contributed by atoms with van der Waals surface area (Å²) in [6, 6.07) is 4.70. The first-order chi connectivity index (χ1) is 14.2. The number of ether oxygens (including phenoxy) is 1. The molecule has 3 rings (SSSR count). The minimum Gasteiger partial charge on any atom is -0.376 e. The fourth-order valence-electron chi connectivity index (χ4n) is 3.69. The van der Waals surface area contributed by atoms with Gasteiger partial charge in [0.2, 0.25) is 0 Å². The van der Waals surface area contributed by atoms with E-state index in [9.17, 15) is 0 Å². The first-order valence-electron chi connectivity index (χ1n) is 10.5. The molecule has 1 fully saturated rings. The number of aryl methyl sites for hydroxylation is 2. The van der Waals surface area contributed by atoms with E-state index in [1.807, 2.05) is 37.7 Å². The summed E-state index contributed by atoms with van der Waals surface area (Å²) in [6.07, 6.45) is 6.39.